The number of aromatic nitrogens is 4. The van der Waals surface area contributed by atoms with Crippen LogP contribution >= 0.6 is 11.8 Å². The summed E-state index contributed by atoms with van der Waals surface area (Å²) in [6.07, 6.45) is 0.242. The Hall–Kier alpha value is -3.20. The molecule has 8 nitrogen and oxygen atoms in total. The summed E-state index contributed by atoms with van der Waals surface area (Å²) in [5.41, 5.74) is 3.32. The van der Waals surface area contributed by atoms with Crippen molar-refractivity contribution in [3.8, 4) is 5.69 Å². The summed E-state index contributed by atoms with van der Waals surface area (Å²) >= 11 is 1.27. The van der Waals surface area contributed by atoms with Gasteiger partial charge in [0.2, 0.25) is 17.0 Å². The maximum absolute atomic E-state index is 13.1. The molecule has 0 radical (unpaired) electrons. The molecule has 2 amide bonds. The number of nitrogens with one attached hydrogen (secondary N) is 1. The van der Waals surface area contributed by atoms with Gasteiger partial charge in [0.1, 0.15) is 0 Å². The number of amides is 2. The van der Waals surface area contributed by atoms with Crippen molar-refractivity contribution >= 4 is 35.0 Å². The molecule has 0 bridgehead atoms. The Balaban J connectivity index is 1.54. The van der Waals surface area contributed by atoms with Crippen molar-refractivity contribution in [3.05, 3.63) is 54.1 Å². The van der Waals surface area contributed by atoms with Gasteiger partial charge in [-0.2, -0.15) is 4.68 Å². The fourth-order valence-corrected chi connectivity index (χ4v) is 4.03. The normalized spacial score (nSPS) is 16.1. The molecule has 9 heteroatoms. The maximum atomic E-state index is 13.1. The monoisotopic (exact) mass is 408 g/mol. The molecule has 2 aromatic carbocycles. The molecule has 0 saturated heterocycles. The van der Waals surface area contributed by atoms with Gasteiger partial charge in [-0.05, 0) is 48.5 Å². The Morgan fingerprint density at radius 3 is 2.76 bits per heavy atom. The quantitative estimate of drug-likeness (QED) is 0.668. The van der Waals surface area contributed by atoms with Gasteiger partial charge in [0.25, 0.3) is 0 Å². The van der Waals surface area contributed by atoms with Gasteiger partial charge in [-0.25, -0.2) is 0 Å². The highest BCUT2D eigenvalue weighted by Crippen LogP contribution is 2.32. The molecule has 148 valence electrons. The van der Waals surface area contributed by atoms with Crippen LogP contribution in [0.25, 0.3) is 5.69 Å². The molecule has 1 aliphatic rings. The largest absolute Gasteiger partial charge is 0.324 e. The van der Waals surface area contributed by atoms with E-state index in [2.05, 4.69) is 20.8 Å². The predicted molar refractivity (Wildman–Crippen MR) is 111 cm³/mol. The van der Waals surface area contributed by atoms with E-state index in [0.717, 1.165) is 11.3 Å². The van der Waals surface area contributed by atoms with E-state index in [9.17, 15) is 9.59 Å². The van der Waals surface area contributed by atoms with Crippen LogP contribution in [-0.2, 0) is 9.59 Å². The van der Waals surface area contributed by atoms with Crippen LogP contribution < -0.4 is 10.2 Å². The third kappa shape index (κ3) is 4.00. The smallest absolute Gasteiger partial charge is 0.237 e. The molecule has 1 atom stereocenters. The van der Waals surface area contributed by atoms with E-state index in [-0.39, 0.29) is 30.0 Å². The minimum atomic E-state index is -0.250. The predicted octanol–water partition coefficient (Wildman–Crippen LogP) is 2.83. The number of nitrogens with zero attached hydrogens (tertiary/aromatic N) is 5. The first-order valence-corrected chi connectivity index (χ1v) is 10.2. The summed E-state index contributed by atoms with van der Waals surface area (Å²) in [6, 6.07) is 14.9. The summed E-state index contributed by atoms with van der Waals surface area (Å²) in [5.74, 6) is -0.0554. The van der Waals surface area contributed by atoms with E-state index in [4.69, 9.17) is 0 Å². The molecular formula is C20H20N6O2S. The van der Waals surface area contributed by atoms with Gasteiger partial charge in [-0.3, -0.25) is 9.59 Å². The van der Waals surface area contributed by atoms with Gasteiger partial charge in [-0.1, -0.05) is 41.6 Å². The van der Waals surface area contributed by atoms with Crippen LogP contribution in [0.1, 0.15) is 18.9 Å². The number of thioether (sulfide) groups is 1. The van der Waals surface area contributed by atoms with E-state index in [1.807, 2.05) is 56.3 Å². The Kier molecular flexibility index (Phi) is 5.30. The zero-order chi connectivity index (χ0) is 20.4. The number of benzene rings is 2. The minimum absolute atomic E-state index is 0.101. The first-order valence-electron chi connectivity index (χ1n) is 9.22. The highest BCUT2D eigenvalue weighted by Gasteiger charge is 2.29. The number of carbonyl (C=O) groups is 2. The topological polar surface area (TPSA) is 93.0 Å². The van der Waals surface area contributed by atoms with Crippen molar-refractivity contribution in [3.63, 3.8) is 0 Å². The van der Waals surface area contributed by atoms with E-state index in [1.54, 1.807) is 15.6 Å². The number of hydrogen-bond donors (Lipinski definition) is 1. The van der Waals surface area contributed by atoms with Crippen molar-refractivity contribution in [2.75, 3.05) is 16.0 Å². The Morgan fingerprint density at radius 1 is 1.21 bits per heavy atom. The Morgan fingerprint density at radius 2 is 1.97 bits per heavy atom. The van der Waals surface area contributed by atoms with Gasteiger partial charge in [0.15, 0.2) is 0 Å². The maximum Gasteiger partial charge on any atom is 0.237 e. The number of fused-ring (bicyclic) bond motifs is 1. The molecule has 0 fully saturated rings. The lowest BCUT2D eigenvalue weighted by Gasteiger charge is -2.27. The Labute approximate surface area is 172 Å². The van der Waals surface area contributed by atoms with Gasteiger partial charge in [-0.15, -0.1) is 5.10 Å². The average Bonchev–Trinajstić information content (AvgIpc) is 3.12. The highest BCUT2D eigenvalue weighted by molar-refractivity contribution is 7.99. The average molecular weight is 408 g/mol. The van der Waals surface area contributed by atoms with Crippen molar-refractivity contribution in [2.45, 2.75) is 31.5 Å². The molecule has 0 saturated carbocycles. The third-order valence-corrected chi connectivity index (χ3v) is 5.58. The minimum Gasteiger partial charge on any atom is -0.324 e. The lowest BCUT2D eigenvalue weighted by atomic mass is 10.2. The van der Waals surface area contributed by atoms with Crippen LogP contribution in [-0.4, -0.2) is 43.8 Å². The molecule has 1 N–H and O–H groups in total. The molecule has 3 aromatic rings. The fourth-order valence-electron chi connectivity index (χ4n) is 3.28. The van der Waals surface area contributed by atoms with E-state index >= 15 is 0 Å². The summed E-state index contributed by atoms with van der Waals surface area (Å²) in [6.45, 7) is 3.89. The fraction of sp³-hybridized carbons (Fsp3) is 0.250. The summed E-state index contributed by atoms with van der Waals surface area (Å²) in [5, 5.41) is 15.2. The van der Waals surface area contributed by atoms with Crippen LogP contribution in [0, 0.1) is 6.92 Å². The summed E-state index contributed by atoms with van der Waals surface area (Å²) < 4.78 is 1.61. The van der Waals surface area contributed by atoms with Gasteiger partial charge < -0.3 is 10.2 Å². The molecule has 29 heavy (non-hydrogen) atoms. The van der Waals surface area contributed by atoms with Crippen LogP contribution in [0.3, 0.4) is 0 Å². The van der Waals surface area contributed by atoms with Crippen LogP contribution in [0.5, 0.6) is 0 Å². The van der Waals surface area contributed by atoms with E-state index in [1.165, 1.54) is 11.8 Å². The summed E-state index contributed by atoms with van der Waals surface area (Å²) in [7, 11) is 0. The molecule has 0 spiro atoms. The van der Waals surface area contributed by atoms with Gasteiger partial charge in [0, 0.05) is 12.5 Å². The zero-order valence-electron chi connectivity index (χ0n) is 16.1. The number of tetrazole rings is 1. The van der Waals surface area contributed by atoms with Crippen molar-refractivity contribution in [2.24, 2.45) is 0 Å². The molecule has 2 heterocycles. The summed E-state index contributed by atoms with van der Waals surface area (Å²) in [4.78, 5) is 26.9. The van der Waals surface area contributed by atoms with Crippen molar-refractivity contribution in [1.82, 2.24) is 20.2 Å². The molecule has 4 rings (SSSR count). The number of anilines is 2. The molecule has 1 aliphatic heterocycles. The number of hydrogen-bond acceptors (Lipinski definition) is 6. The first kappa shape index (κ1) is 19.1. The second kappa shape index (κ2) is 8.04. The number of carbonyl (C=O) groups excluding carboxylic acids is 2. The molecule has 0 aliphatic carbocycles. The van der Waals surface area contributed by atoms with Crippen molar-refractivity contribution in [1.29, 1.82) is 0 Å². The number of aryl methyl sites for hydroxylation is 1. The lowest BCUT2D eigenvalue weighted by Crippen LogP contribution is -2.40. The second-order valence-corrected chi connectivity index (χ2v) is 7.82. The highest BCUT2D eigenvalue weighted by atomic mass is 32.2. The molecule has 0 unspecified atom stereocenters. The number of rotatable bonds is 4. The van der Waals surface area contributed by atoms with E-state index in [0.29, 0.717) is 16.5 Å². The van der Waals surface area contributed by atoms with Gasteiger partial charge >= 0.3 is 0 Å². The third-order valence-electron chi connectivity index (χ3n) is 4.67. The number of para-hydroxylation sites is 2. The Bertz CT molecular complexity index is 1050. The van der Waals surface area contributed by atoms with Crippen molar-refractivity contribution < 1.29 is 9.59 Å². The standard InChI is InChI=1S/C20H20N6O2S/c1-13-7-9-15(10-8-13)26-20(22-23-24-26)29-12-19(28)25-14(2)11-18(27)21-16-5-3-4-6-17(16)25/h3-10,14H,11-12H2,1-2H3,(H,21,27)/t14-/m0/s1. The second-order valence-electron chi connectivity index (χ2n) is 6.88. The zero-order valence-corrected chi connectivity index (χ0v) is 16.9. The van der Waals surface area contributed by atoms with E-state index < -0.39 is 0 Å². The SMILES string of the molecule is Cc1ccc(-n2nnnc2SCC(=O)N2c3ccccc3NC(=O)C[C@@H]2C)cc1. The first-order chi connectivity index (χ1) is 14.0. The van der Waals surface area contributed by atoms with Crippen LogP contribution in [0.15, 0.2) is 53.7 Å². The molecular weight excluding hydrogens is 388 g/mol. The molecule has 1 aromatic heterocycles. The van der Waals surface area contributed by atoms with Crippen LogP contribution in [0.4, 0.5) is 11.4 Å². The van der Waals surface area contributed by atoms with Gasteiger partial charge in [0.05, 0.1) is 22.8 Å². The lowest BCUT2D eigenvalue weighted by molar-refractivity contribution is -0.117. The van der Waals surface area contributed by atoms with Crippen LogP contribution in [0.2, 0.25) is 0 Å².